The summed E-state index contributed by atoms with van der Waals surface area (Å²) >= 11 is 0. The molecule has 0 aliphatic heterocycles. The zero-order valence-corrected chi connectivity index (χ0v) is 20.1. The maximum Gasteiger partial charge on any atom is 0.161 e. The van der Waals surface area contributed by atoms with Gasteiger partial charge >= 0.3 is 0 Å². The lowest BCUT2D eigenvalue weighted by Gasteiger charge is -2.16. The highest BCUT2D eigenvalue weighted by Crippen LogP contribution is 2.15. The van der Waals surface area contributed by atoms with E-state index in [-0.39, 0.29) is 36.3 Å². The van der Waals surface area contributed by atoms with Gasteiger partial charge in [-0.2, -0.15) is 0 Å². The van der Waals surface area contributed by atoms with Crippen LogP contribution in [-0.4, -0.2) is 38.3 Å². The van der Waals surface area contributed by atoms with Crippen molar-refractivity contribution in [3.8, 4) is 0 Å². The number of hydrogen-bond acceptors (Lipinski definition) is 4. The Balaban J connectivity index is 1.46. The first-order chi connectivity index (χ1) is 16.7. The van der Waals surface area contributed by atoms with Gasteiger partial charge in [0.05, 0.1) is 0 Å². The van der Waals surface area contributed by atoms with Crippen LogP contribution in [0.15, 0.2) is 24.3 Å². The van der Waals surface area contributed by atoms with Gasteiger partial charge in [0.1, 0.15) is 11.6 Å². The Bertz CT molecular complexity index is 854. The summed E-state index contributed by atoms with van der Waals surface area (Å²) in [4.78, 5) is 0. The Labute approximate surface area is 202 Å². The molecule has 10 heteroatoms. The van der Waals surface area contributed by atoms with Crippen LogP contribution in [0.4, 0.5) is 26.3 Å². The normalized spacial score (nSPS) is 13.3. The molecule has 0 saturated heterocycles. The van der Waals surface area contributed by atoms with E-state index in [1.807, 2.05) is 13.8 Å². The van der Waals surface area contributed by atoms with Crippen LogP contribution in [0.3, 0.4) is 0 Å². The Morgan fingerprint density at radius 3 is 1.31 bits per heavy atom. The number of nitrogens with one attached hydrogen (secondary N) is 4. The quantitative estimate of drug-likeness (QED) is 0.154. The van der Waals surface area contributed by atoms with E-state index >= 15 is 0 Å². The smallest absolute Gasteiger partial charge is 0.161 e. The molecule has 0 aromatic heterocycles. The van der Waals surface area contributed by atoms with Crippen LogP contribution in [0.2, 0.25) is 0 Å². The van der Waals surface area contributed by atoms with Crippen molar-refractivity contribution in [2.24, 2.45) is 0 Å². The molecule has 2 aromatic rings. The van der Waals surface area contributed by atoms with Gasteiger partial charge < -0.3 is 21.3 Å². The van der Waals surface area contributed by atoms with Gasteiger partial charge in [-0.05, 0) is 71.4 Å². The van der Waals surface area contributed by atoms with Gasteiger partial charge in [-0.1, -0.05) is 0 Å². The summed E-state index contributed by atoms with van der Waals surface area (Å²) in [5, 5.41) is 12.9. The molecule has 0 fully saturated rings. The molecule has 0 amide bonds. The van der Waals surface area contributed by atoms with E-state index in [0.29, 0.717) is 12.1 Å². The summed E-state index contributed by atoms with van der Waals surface area (Å²) in [6.07, 6.45) is 2.50. The van der Waals surface area contributed by atoms with Crippen molar-refractivity contribution in [2.45, 2.75) is 58.3 Å². The predicted molar refractivity (Wildman–Crippen MR) is 125 cm³/mol. The minimum absolute atomic E-state index is 0.0713. The van der Waals surface area contributed by atoms with Crippen LogP contribution in [0.1, 0.15) is 44.2 Å². The van der Waals surface area contributed by atoms with E-state index in [1.165, 1.54) is 0 Å². The zero-order chi connectivity index (χ0) is 25.8. The van der Waals surface area contributed by atoms with Crippen LogP contribution >= 0.6 is 0 Å². The monoisotopic (exact) mass is 504 g/mol. The fourth-order valence-electron chi connectivity index (χ4n) is 3.40. The number of halogens is 6. The Hall–Kier alpha value is -2.14. The molecule has 4 nitrogen and oxygen atoms in total. The molecule has 0 radical (unpaired) electrons. The zero-order valence-electron chi connectivity index (χ0n) is 20.1. The second kappa shape index (κ2) is 15.1. The summed E-state index contributed by atoms with van der Waals surface area (Å²) in [5.74, 6) is -6.04. The first-order valence-corrected chi connectivity index (χ1v) is 11.8. The minimum atomic E-state index is -1.19. The predicted octanol–water partition coefficient (Wildman–Crippen LogP) is 4.53. The van der Waals surface area contributed by atoms with E-state index in [2.05, 4.69) is 21.3 Å². The molecule has 0 heterocycles. The summed E-state index contributed by atoms with van der Waals surface area (Å²) in [6.45, 7) is 7.29. The third-order valence-corrected chi connectivity index (χ3v) is 5.68. The van der Waals surface area contributed by atoms with Crippen molar-refractivity contribution in [3.63, 3.8) is 0 Å². The molecule has 2 unspecified atom stereocenters. The number of rotatable bonds is 16. The molecule has 4 N–H and O–H groups in total. The largest absolute Gasteiger partial charge is 0.317 e. The van der Waals surface area contributed by atoms with Crippen LogP contribution in [-0.2, 0) is 13.1 Å². The summed E-state index contributed by atoms with van der Waals surface area (Å²) in [6, 6.07) is 3.00. The average molecular weight is 505 g/mol. The molecule has 0 aliphatic rings. The lowest BCUT2D eigenvalue weighted by atomic mass is 10.1. The highest BCUT2D eigenvalue weighted by Gasteiger charge is 2.12. The van der Waals surface area contributed by atoms with Crippen molar-refractivity contribution < 1.29 is 26.3 Å². The first-order valence-electron chi connectivity index (χ1n) is 11.8. The maximum absolute atomic E-state index is 13.6. The van der Waals surface area contributed by atoms with Gasteiger partial charge in [0.2, 0.25) is 0 Å². The third-order valence-electron chi connectivity index (χ3n) is 5.68. The van der Waals surface area contributed by atoms with Gasteiger partial charge in [-0.15, -0.1) is 0 Å². The van der Waals surface area contributed by atoms with Crippen LogP contribution in [0, 0.1) is 34.9 Å². The van der Waals surface area contributed by atoms with Gasteiger partial charge in [0.25, 0.3) is 0 Å². The Morgan fingerprint density at radius 1 is 0.543 bits per heavy atom. The van der Waals surface area contributed by atoms with Gasteiger partial charge in [0.15, 0.2) is 23.3 Å². The minimum Gasteiger partial charge on any atom is -0.317 e. The van der Waals surface area contributed by atoms with E-state index < -0.39 is 34.9 Å². The standard InChI is InChI=1S/C25H34F6N4/c1-16(34-14-18-10-22(28)24(30)12-20(18)26)4-8-32-6-3-7-33-9-5-17(2)35-15-19-11-23(29)25(31)13-21(19)27/h10-13,16-17,32-35H,3-9,14-15H2,1-2H3. The van der Waals surface area contributed by atoms with E-state index in [1.54, 1.807) is 0 Å². The molecule has 0 spiro atoms. The van der Waals surface area contributed by atoms with Gasteiger partial charge in [-0.3, -0.25) is 0 Å². The molecular weight excluding hydrogens is 470 g/mol. The Kier molecular flexibility index (Phi) is 12.5. The third kappa shape index (κ3) is 10.6. The fourth-order valence-corrected chi connectivity index (χ4v) is 3.40. The molecular formula is C25H34F6N4. The topological polar surface area (TPSA) is 48.1 Å². The molecule has 2 atom stereocenters. The lowest BCUT2D eigenvalue weighted by Crippen LogP contribution is -2.32. The van der Waals surface area contributed by atoms with Crippen molar-refractivity contribution in [3.05, 3.63) is 70.3 Å². The summed E-state index contributed by atoms with van der Waals surface area (Å²) in [7, 11) is 0. The average Bonchev–Trinajstić information content (AvgIpc) is 2.80. The van der Waals surface area contributed by atoms with E-state index in [4.69, 9.17) is 0 Å². The van der Waals surface area contributed by atoms with Crippen LogP contribution in [0.25, 0.3) is 0 Å². The number of benzene rings is 2. The molecule has 0 saturated carbocycles. The van der Waals surface area contributed by atoms with E-state index in [9.17, 15) is 26.3 Å². The van der Waals surface area contributed by atoms with Gasteiger partial charge in [0, 0.05) is 48.4 Å². The number of hydrogen-bond donors (Lipinski definition) is 4. The SMILES string of the molecule is CC(CCNCCCNCCC(C)NCc1cc(F)c(F)cc1F)NCc1cc(F)c(F)cc1F. The maximum atomic E-state index is 13.6. The molecule has 2 aromatic carbocycles. The molecule has 2 rings (SSSR count). The van der Waals surface area contributed by atoms with E-state index in [0.717, 1.165) is 57.6 Å². The second-order valence-electron chi connectivity index (χ2n) is 8.71. The summed E-state index contributed by atoms with van der Waals surface area (Å²) in [5.41, 5.74) is 0.187. The fraction of sp³-hybridized carbons (Fsp3) is 0.520. The van der Waals surface area contributed by atoms with Crippen molar-refractivity contribution in [1.29, 1.82) is 0 Å². The molecule has 0 bridgehead atoms. The molecule has 196 valence electrons. The molecule has 0 aliphatic carbocycles. The van der Waals surface area contributed by atoms with Crippen LogP contribution in [0.5, 0.6) is 0 Å². The van der Waals surface area contributed by atoms with Gasteiger partial charge in [-0.25, -0.2) is 26.3 Å². The lowest BCUT2D eigenvalue weighted by molar-refractivity contribution is 0.460. The van der Waals surface area contributed by atoms with Crippen molar-refractivity contribution >= 4 is 0 Å². The van der Waals surface area contributed by atoms with Crippen molar-refractivity contribution in [1.82, 2.24) is 21.3 Å². The Morgan fingerprint density at radius 2 is 0.914 bits per heavy atom. The first kappa shape index (κ1) is 29.1. The van der Waals surface area contributed by atoms with Crippen LogP contribution < -0.4 is 21.3 Å². The summed E-state index contributed by atoms with van der Waals surface area (Å²) < 4.78 is 79.7. The highest BCUT2D eigenvalue weighted by atomic mass is 19.2. The second-order valence-corrected chi connectivity index (χ2v) is 8.71. The highest BCUT2D eigenvalue weighted by molar-refractivity contribution is 5.20. The molecule has 35 heavy (non-hydrogen) atoms. The van der Waals surface area contributed by atoms with Crippen molar-refractivity contribution in [2.75, 3.05) is 26.2 Å².